The summed E-state index contributed by atoms with van der Waals surface area (Å²) in [5.74, 6) is -0.484. The molecule has 0 aliphatic rings. The summed E-state index contributed by atoms with van der Waals surface area (Å²) in [5.41, 5.74) is 0.320. The SMILES string of the molecule is C=C(C)C(=O)OCC(CC)OC(=O)OCCCCCCCC. The number of carbonyl (C=O) groups is 2. The zero-order chi connectivity index (χ0) is 16.8. The van der Waals surface area contributed by atoms with Gasteiger partial charge in [0.25, 0.3) is 0 Å². The molecule has 0 heterocycles. The van der Waals surface area contributed by atoms with E-state index in [0.29, 0.717) is 18.6 Å². The molecule has 0 bridgehead atoms. The van der Waals surface area contributed by atoms with Crippen molar-refractivity contribution in [3.8, 4) is 0 Å². The number of rotatable bonds is 12. The summed E-state index contributed by atoms with van der Waals surface area (Å²) in [6.07, 6.45) is 6.14. The Balaban J connectivity index is 3.73. The molecule has 5 heteroatoms. The number of hydrogen-bond donors (Lipinski definition) is 0. The van der Waals surface area contributed by atoms with Gasteiger partial charge >= 0.3 is 12.1 Å². The summed E-state index contributed by atoms with van der Waals surface area (Å²) in [4.78, 5) is 22.8. The van der Waals surface area contributed by atoms with Crippen molar-refractivity contribution in [3.63, 3.8) is 0 Å². The third kappa shape index (κ3) is 11.2. The molecule has 1 atom stereocenters. The number of carbonyl (C=O) groups excluding carboxylic acids is 2. The van der Waals surface area contributed by atoms with Gasteiger partial charge in [-0.3, -0.25) is 0 Å². The second-order valence-corrected chi connectivity index (χ2v) is 5.39. The van der Waals surface area contributed by atoms with Crippen molar-refractivity contribution in [2.24, 2.45) is 0 Å². The predicted molar refractivity (Wildman–Crippen MR) is 85.7 cm³/mol. The molecule has 5 nitrogen and oxygen atoms in total. The lowest BCUT2D eigenvalue weighted by Crippen LogP contribution is -2.25. The normalized spacial score (nSPS) is 11.6. The zero-order valence-electron chi connectivity index (χ0n) is 14.2. The minimum Gasteiger partial charge on any atom is -0.458 e. The van der Waals surface area contributed by atoms with Crippen LogP contribution in [-0.2, 0) is 19.0 Å². The Bertz CT molecular complexity index is 338. The average Bonchev–Trinajstić information content (AvgIpc) is 2.49. The molecule has 0 aromatic rings. The second kappa shape index (κ2) is 13.2. The Morgan fingerprint density at radius 3 is 2.23 bits per heavy atom. The van der Waals surface area contributed by atoms with Crippen LogP contribution < -0.4 is 0 Å². The van der Waals surface area contributed by atoms with Crippen LogP contribution in [0.1, 0.15) is 65.7 Å². The van der Waals surface area contributed by atoms with Gasteiger partial charge in [0, 0.05) is 5.57 Å². The summed E-state index contributed by atoms with van der Waals surface area (Å²) >= 11 is 0. The van der Waals surface area contributed by atoms with Crippen molar-refractivity contribution in [2.75, 3.05) is 13.2 Å². The van der Waals surface area contributed by atoms with Gasteiger partial charge in [-0.2, -0.15) is 0 Å². The minimum absolute atomic E-state index is 0.0221. The molecule has 0 N–H and O–H groups in total. The number of esters is 1. The van der Waals surface area contributed by atoms with Gasteiger partial charge in [0.05, 0.1) is 6.61 Å². The molecule has 0 aliphatic heterocycles. The molecule has 0 aliphatic carbocycles. The maximum absolute atomic E-state index is 11.5. The van der Waals surface area contributed by atoms with Crippen molar-refractivity contribution in [2.45, 2.75) is 71.8 Å². The topological polar surface area (TPSA) is 61.8 Å². The molecular formula is C17H30O5. The fourth-order valence-electron chi connectivity index (χ4n) is 1.74. The summed E-state index contributed by atoms with van der Waals surface area (Å²) < 4.78 is 15.1. The second-order valence-electron chi connectivity index (χ2n) is 5.39. The van der Waals surface area contributed by atoms with Crippen molar-refractivity contribution in [3.05, 3.63) is 12.2 Å². The van der Waals surface area contributed by atoms with E-state index in [1.165, 1.54) is 25.7 Å². The van der Waals surface area contributed by atoms with Gasteiger partial charge in [-0.1, -0.05) is 52.5 Å². The lowest BCUT2D eigenvalue weighted by atomic mass is 10.1. The van der Waals surface area contributed by atoms with Crippen LogP contribution in [-0.4, -0.2) is 31.4 Å². The monoisotopic (exact) mass is 314 g/mol. The fraction of sp³-hybridized carbons (Fsp3) is 0.765. The van der Waals surface area contributed by atoms with Crippen molar-refractivity contribution >= 4 is 12.1 Å². The van der Waals surface area contributed by atoms with Crippen LogP contribution in [0.3, 0.4) is 0 Å². The van der Waals surface area contributed by atoms with E-state index in [0.717, 1.165) is 12.8 Å². The average molecular weight is 314 g/mol. The summed E-state index contributed by atoms with van der Waals surface area (Å²) in [5, 5.41) is 0. The highest BCUT2D eigenvalue weighted by Crippen LogP contribution is 2.07. The van der Waals surface area contributed by atoms with Gasteiger partial charge in [-0.25, -0.2) is 9.59 Å². The van der Waals surface area contributed by atoms with E-state index in [-0.39, 0.29) is 6.61 Å². The third-order valence-electron chi connectivity index (χ3n) is 3.18. The highest BCUT2D eigenvalue weighted by Gasteiger charge is 2.16. The highest BCUT2D eigenvalue weighted by molar-refractivity contribution is 5.86. The Morgan fingerprint density at radius 2 is 1.64 bits per heavy atom. The van der Waals surface area contributed by atoms with Crippen molar-refractivity contribution in [1.82, 2.24) is 0 Å². The van der Waals surface area contributed by atoms with Crippen LogP contribution in [0, 0.1) is 0 Å². The molecule has 1 unspecified atom stereocenters. The first kappa shape index (κ1) is 20.5. The summed E-state index contributed by atoms with van der Waals surface area (Å²) in [6.45, 7) is 9.47. The molecule has 0 radical (unpaired) electrons. The molecule has 0 spiro atoms. The van der Waals surface area contributed by atoms with Gasteiger partial charge in [-0.15, -0.1) is 0 Å². The molecular weight excluding hydrogens is 284 g/mol. The zero-order valence-corrected chi connectivity index (χ0v) is 14.2. The van der Waals surface area contributed by atoms with Crippen LogP contribution in [0.5, 0.6) is 0 Å². The van der Waals surface area contributed by atoms with E-state index in [2.05, 4.69) is 13.5 Å². The van der Waals surface area contributed by atoms with E-state index >= 15 is 0 Å². The van der Waals surface area contributed by atoms with Crippen LogP contribution in [0.4, 0.5) is 4.79 Å². The fourth-order valence-corrected chi connectivity index (χ4v) is 1.74. The Hall–Kier alpha value is -1.52. The molecule has 0 amide bonds. The molecule has 0 fully saturated rings. The predicted octanol–water partition coefficient (Wildman–Crippen LogP) is 4.40. The standard InChI is InChI=1S/C17H30O5/c1-5-7-8-9-10-11-12-20-17(19)22-15(6-2)13-21-16(18)14(3)4/h15H,3,5-13H2,1-2,4H3. The molecule has 0 aromatic heterocycles. The van der Waals surface area contributed by atoms with Crippen LogP contribution in [0.25, 0.3) is 0 Å². The quantitative estimate of drug-likeness (QED) is 0.303. The van der Waals surface area contributed by atoms with Gasteiger partial charge in [-0.05, 0) is 19.8 Å². The Morgan fingerprint density at radius 1 is 1.00 bits per heavy atom. The number of hydrogen-bond acceptors (Lipinski definition) is 5. The molecule has 0 aromatic carbocycles. The third-order valence-corrected chi connectivity index (χ3v) is 3.18. The molecule has 22 heavy (non-hydrogen) atoms. The lowest BCUT2D eigenvalue weighted by Gasteiger charge is -2.16. The van der Waals surface area contributed by atoms with Gasteiger partial charge in [0.15, 0.2) is 0 Å². The van der Waals surface area contributed by atoms with Crippen molar-refractivity contribution in [1.29, 1.82) is 0 Å². The van der Waals surface area contributed by atoms with Crippen LogP contribution in [0.15, 0.2) is 12.2 Å². The van der Waals surface area contributed by atoms with E-state index < -0.39 is 18.2 Å². The maximum Gasteiger partial charge on any atom is 0.508 e. The smallest absolute Gasteiger partial charge is 0.458 e. The first-order valence-corrected chi connectivity index (χ1v) is 8.17. The van der Waals surface area contributed by atoms with Gasteiger partial charge < -0.3 is 14.2 Å². The van der Waals surface area contributed by atoms with Crippen LogP contribution >= 0.6 is 0 Å². The van der Waals surface area contributed by atoms with Gasteiger partial charge in [0.2, 0.25) is 0 Å². The number of unbranched alkanes of at least 4 members (excludes halogenated alkanes) is 5. The van der Waals surface area contributed by atoms with Crippen LogP contribution in [0.2, 0.25) is 0 Å². The maximum atomic E-state index is 11.5. The van der Waals surface area contributed by atoms with Crippen molar-refractivity contribution < 1.29 is 23.8 Å². The molecule has 128 valence electrons. The molecule has 0 rings (SSSR count). The van der Waals surface area contributed by atoms with E-state index in [4.69, 9.17) is 14.2 Å². The summed E-state index contributed by atoms with van der Waals surface area (Å²) in [7, 11) is 0. The Kier molecular flexibility index (Phi) is 12.3. The Labute approximate surface area is 134 Å². The largest absolute Gasteiger partial charge is 0.508 e. The number of ether oxygens (including phenoxy) is 3. The van der Waals surface area contributed by atoms with E-state index in [9.17, 15) is 9.59 Å². The lowest BCUT2D eigenvalue weighted by molar-refractivity contribution is -0.142. The first-order valence-electron chi connectivity index (χ1n) is 8.17. The first-order chi connectivity index (χ1) is 10.5. The van der Waals surface area contributed by atoms with E-state index in [1.807, 2.05) is 6.92 Å². The highest BCUT2D eigenvalue weighted by atomic mass is 16.7. The molecule has 0 saturated heterocycles. The minimum atomic E-state index is -0.702. The molecule has 0 saturated carbocycles. The summed E-state index contributed by atoms with van der Waals surface area (Å²) in [6, 6.07) is 0. The van der Waals surface area contributed by atoms with Gasteiger partial charge in [0.1, 0.15) is 12.7 Å². The van der Waals surface area contributed by atoms with E-state index in [1.54, 1.807) is 6.92 Å².